The van der Waals surface area contributed by atoms with Crippen LogP contribution >= 0.6 is 0 Å². The summed E-state index contributed by atoms with van der Waals surface area (Å²) in [5, 5.41) is 3.00. The molecule has 0 fully saturated rings. The molecule has 1 atom stereocenters. The quantitative estimate of drug-likeness (QED) is 0.840. The zero-order chi connectivity index (χ0) is 14.0. The average Bonchev–Trinajstić information content (AvgIpc) is 2.36. The predicted octanol–water partition coefficient (Wildman–Crippen LogP) is 4.75. The summed E-state index contributed by atoms with van der Waals surface area (Å²) >= 11 is 0. The van der Waals surface area contributed by atoms with Crippen molar-refractivity contribution in [3.05, 3.63) is 64.7 Å². The Kier molecular flexibility index (Phi) is 3.84. The maximum atomic E-state index is 13.7. The van der Waals surface area contributed by atoms with Crippen LogP contribution in [-0.2, 0) is 0 Å². The van der Waals surface area contributed by atoms with Crippen LogP contribution < -0.4 is 5.32 Å². The Balaban J connectivity index is 2.21. The van der Waals surface area contributed by atoms with Gasteiger partial charge in [-0.25, -0.2) is 8.78 Å². The van der Waals surface area contributed by atoms with E-state index in [0.717, 1.165) is 5.56 Å². The van der Waals surface area contributed by atoms with Gasteiger partial charge in [0.05, 0.1) is 5.69 Å². The molecule has 0 saturated heterocycles. The maximum absolute atomic E-state index is 13.7. The van der Waals surface area contributed by atoms with Crippen molar-refractivity contribution in [2.75, 3.05) is 5.32 Å². The SMILES string of the molecule is Cc1ccc(C(C)Nc2cc(F)c(C)cc2F)cc1. The van der Waals surface area contributed by atoms with Gasteiger partial charge in [-0.05, 0) is 38.0 Å². The summed E-state index contributed by atoms with van der Waals surface area (Å²) in [4.78, 5) is 0. The third kappa shape index (κ3) is 3.11. The Bertz CT molecular complexity index is 576. The summed E-state index contributed by atoms with van der Waals surface area (Å²) in [5.41, 5.74) is 2.71. The Morgan fingerprint density at radius 1 is 0.947 bits per heavy atom. The third-order valence-electron chi connectivity index (χ3n) is 3.20. The molecular weight excluding hydrogens is 244 g/mol. The van der Waals surface area contributed by atoms with E-state index in [4.69, 9.17) is 0 Å². The molecule has 0 aliphatic rings. The number of nitrogens with one attached hydrogen (secondary N) is 1. The van der Waals surface area contributed by atoms with E-state index in [1.165, 1.54) is 17.7 Å². The predicted molar refractivity (Wildman–Crippen MR) is 74.3 cm³/mol. The van der Waals surface area contributed by atoms with Crippen LogP contribution in [0.15, 0.2) is 36.4 Å². The van der Waals surface area contributed by atoms with Crippen LogP contribution in [0.2, 0.25) is 0 Å². The minimum Gasteiger partial charge on any atom is -0.376 e. The van der Waals surface area contributed by atoms with Crippen LogP contribution in [0.4, 0.5) is 14.5 Å². The van der Waals surface area contributed by atoms with Crippen molar-refractivity contribution in [1.29, 1.82) is 0 Å². The van der Waals surface area contributed by atoms with Crippen LogP contribution in [0, 0.1) is 25.5 Å². The van der Waals surface area contributed by atoms with Gasteiger partial charge in [0.25, 0.3) is 0 Å². The molecule has 3 heteroatoms. The molecule has 0 aliphatic heterocycles. The van der Waals surface area contributed by atoms with Gasteiger partial charge in [0.15, 0.2) is 0 Å². The van der Waals surface area contributed by atoms with Crippen molar-refractivity contribution < 1.29 is 8.78 Å². The molecule has 100 valence electrons. The molecule has 19 heavy (non-hydrogen) atoms. The zero-order valence-electron chi connectivity index (χ0n) is 11.3. The molecule has 0 aromatic heterocycles. The highest BCUT2D eigenvalue weighted by atomic mass is 19.1. The summed E-state index contributed by atoms with van der Waals surface area (Å²) in [6, 6.07) is 10.3. The van der Waals surface area contributed by atoms with Gasteiger partial charge in [-0.15, -0.1) is 0 Å². The Morgan fingerprint density at radius 2 is 1.58 bits per heavy atom. The number of aryl methyl sites for hydroxylation is 2. The fraction of sp³-hybridized carbons (Fsp3) is 0.250. The number of rotatable bonds is 3. The smallest absolute Gasteiger partial charge is 0.146 e. The molecule has 0 aliphatic carbocycles. The van der Waals surface area contributed by atoms with E-state index in [1.54, 1.807) is 6.92 Å². The average molecular weight is 261 g/mol. The molecule has 2 aromatic carbocycles. The van der Waals surface area contributed by atoms with Gasteiger partial charge in [-0.3, -0.25) is 0 Å². The highest BCUT2D eigenvalue weighted by Gasteiger charge is 2.11. The number of anilines is 1. The summed E-state index contributed by atoms with van der Waals surface area (Å²) in [7, 11) is 0. The number of benzene rings is 2. The van der Waals surface area contributed by atoms with Crippen LogP contribution in [0.5, 0.6) is 0 Å². The van der Waals surface area contributed by atoms with Gasteiger partial charge in [0.1, 0.15) is 11.6 Å². The van der Waals surface area contributed by atoms with Crippen molar-refractivity contribution in [2.45, 2.75) is 26.8 Å². The monoisotopic (exact) mass is 261 g/mol. The first kappa shape index (κ1) is 13.5. The van der Waals surface area contributed by atoms with E-state index in [-0.39, 0.29) is 11.7 Å². The molecule has 1 N–H and O–H groups in total. The zero-order valence-corrected chi connectivity index (χ0v) is 11.3. The van der Waals surface area contributed by atoms with Gasteiger partial charge in [-0.2, -0.15) is 0 Å². The minimum atomic E-state index is -0.433. The first-order valence-electron chi connectivity index (χ1n) is 6.26. The molecule has 2 rings (SSSR count). The number of hydrogen-bond acceptors (Lipinski definition) is 1. The molecule has 2 aromatic rings. The molecular formula is C16H17F2N. The van der Waals surface area contributed by atoms with E-state index in [9.17, 15) is 8.78 Å². The van der Waals surface area contributed by atoms with E-state index >= 15 is 0 Å². The van der Waals surface area contributed by atoms with Crippen molar-refractivity contribution in [1.82, 2.24) is 0 Å². The largest absolute Gasteiger partial charge is 0.376 e. The number of hydrogen-bond donors (Lipinski definition) is 1. The summed E-state index contributed by atoms with van der Waals surface area (Å²) in [5.74, 6) is -0.835. The topological polar surface area (TPSA) is 12.0 Å². The van der Waals surface area contributed by atoms with Crippen LogP contribution in [-0.4, -0.2) is 0 Å². The Labute approximate surface area is 112 Å². The lowest BCUT2D eigenvalue weighted by molar-refractivity contribution is 0.593. The summed E-state index contributed by atoms with van der Waals surface area (Å²) in [6.07, 6.45) is 0. The lowest BCUT2D eigenvalue weighted by atomic mass is 10.1. The highest BCUT2D eigenvalue weighted by molar-refractivity contribution is 5.48. The maximum Gasteiger partial charge on any atom is 0.146 e. The van der Waals surface area contributed by atoms with E-state index in [1.807, 2.05) is 38.1 Å². The first-order chi connectivity index (χ1) is 8.97. The fourth-order valence-electron chi connectivity index (χ4n) is 1.93. The van der Waals surface area contributed by atoms with Gasteiger partial charge in [0.2, 0.25) is 0 Å². The Morgan fingerprint density at radius 3 is 2.21 bits per heavy atom. The van der Waals surface area contributed by atoms with Gasteiger partial charge >= 0.3 is 0 Å². The van der Waals surface area contributed by atoms with E-state index < -0.39 is 11.6 Å². The lowest BCUT2D eigenvalue weighted by Gasteiger charge is -2.17. The molecule has 0 radical (unpaired) electrons. The van der Waals surface area contributed by atoms with E-state index in [2.05, 4.69) is 5.32 Å². The molecule has 0 heterocycles. The first-order valence-corrected chi connectivity index (χ1v) is 6.26. The van der Waals surface area contributed by atoms with Crippen molar-refractivity contribution in [3.63, 3.8) is 0 Å². The second-order valence-corrected chi connectivity index (χ2v) is 4.86. The number of halogens is 2. The van der Waals surface area contributed by atoms with Crippen molar-refractivity contribution in [3.8, 4) is 0 Å². The Hall–Kier alpha value is -1.90. The fourth-order valence-corrected chi connectivity index (χ4v) is 1.93. The molecule has 1 unspecified atom stereocenters. The van der Waals surface area contributed by atoms with Gasteiger partial charge < -0.3 is 5.32 Å². The van der Waals surface area contributed by atoms with Crippen LogP contribution in [0.3, 0.4) is 0 Å². The lowest BCUT2D eigenvalue weighted by Crippen LogP contribution is -2.08. The second kappa shape index (κ2) is 5.39. The summed E-state index contributed by atoms with van der Waals surface area (Å²) in [6.45, 7) is 5.48. The molecule has 0 amide bonds. The van der Waals surface area contributed by atoms with Gasteiger partial charge in [0, 0.05) is 12.1 Å². The molecule has 0 bridgehead atoms. The van der Waals surface area contributed by atoms with Crippen LogP contribution in [0.25, 0.3) is 0 Å². The second-order valence-electron chi connectivity index (χ2n) is 4.86. The van der Waals surface area contributed by atoms with Crippen molar-refractivity contribution in [2.24, 2.45) is 0 Å². The molecule has 0 saturated carbocycles. The summed E-state index contributed by atoms with van der Waals surface area (Å²) < 4.78 is 27.2. The minimum absolute atomic E-state index is 0.0859. The molecule has 0 spiro atoms. The van der Waals surface area contributed by atoms with Crippen LogP contribution in [0.1, 0.15) is 29.7 Å². The van der Waals surface area contributed by atoms with Gasteiger partial charge in [-0.1, -0.05) is 29.8 Å². The van der Waals surface area contributed by atoms with E-state index in [0.29, 0.717) is 5.56 Å². The normalized spacial score (nSPS) is 12.3. The standard InChI is InChI=1S/C16H17F2N/c1-10-4-6-13(7-5-10)12(3)19-16-9-14(17)11(2)8-15(16)18/h4-9,12,19H,1-3H3. The molecule has 1 nitrogen and oxygen atoms in total. The third-order valence-corrected chi connectivity index (χ3v) is 3.20. The highest BCUT2D eigenvalue weighted by Crippen LogP contribution is 2.24. The van der Waals surface area contributed by atoms with Crippen molar-refractivity contribution >= 4 is 5.69 Å².